The summed E-state index contributed by atoms with van der Waals surface area (Å²) in [4.78, 5) is 24.4. The Balaban J connectivity index is 1.96. The van der Waals surface area contributed by atoms with Gasteiger partial charge in [0.1, 0.15) is 6.04 Å². The molecule has 1 saturated heterocycles. The molecule has 1 aromatic rings. The largest absolute Gasteiger partial charge is 0.480 e. The molecule has 0 bridgehead atoms. The Labute approximate surface area is 125 Å². The van der Waals surface area contributed by atoms with Gasteiger partial charge in [-0.3, -0.25) is 4.79 Å². The van der Waals surface area contributed by atoms with E-state index in [1.165, 1.54) is 4.90 Å². The first-order chi connectivity index (χ1) is 9.47. The smallest absolute Gasteiger partial charge is 0.326 e. The standard InChI is InChI=1S/C14H16BrNO4/c15-10-3-1-2-9(6-10)4-5-13(18)16-8-11(17)7-12(16)14(19)20/h1-3,6,11-12,17H,4-5,7-8H2,(H,19,20)/t11-,12+/m1/s1. The highest BCUT2D eigenvalue weighted by molar-refractivity contribution is 9.10. The molecule has 2 atom stereocenters. The summed E-state index contributed by atoms with van der Waals surface area (Å²) in [6.45, 7) is 0.105. The Morgan fingerprint density at radius 2 is 2.15 bits per heavy atom. The maximum Gasteiger partial charge on any atom is 0.326 e. The van der Waals surface area contributed by atoms with Crippen molar-refractivity contribution < 1.29 is 19.8 Å². The molecule has 108 valence electrons. The third-order valence-corrected chi connectivity index (χ3v) is 3.89. The molecule has 0 radical (unpaired) electrons. The van der Waals surface area contributed by atoms with Gasteiger partial charge in [0.25, 0.3) is 0 Å². The van der Waals surface area contributed by atoms with Crippen LogP contribution in [0.3, 0.4) is 0 Å². The summed E-state index contributed by atoms with van der Waals surface area (Å²) in [5.41, 5.74) is 1.01. The van der Waals surface area contributed by atoms with E-state index < -0.39 is 18.1 Å². The first kappa shape index (κ1) is 15.0. The second-order valence-electron chi connectivity index (χ2n) is 4.92. The quantitative estimate of drug-likeness (QED) is 0.868. The van der Waals surface area contributed by atoms with Gasteiger partial charge in [-0.15, -0.1) is 0 Å². The van der Waals surface area contributed by atoms with Crippen molar-refractivity contribution in [2.45, 2.75) is 31.4 Å². The van der Waals surface area contributed by atoms with E-state index in [0.717, 1.165) is 10.0 Å². The van der Waals surface area contributed by atoms with Gasteiger partial charge in [0, 0.05) is 23.9 Å². The Hall–Kier alpha value is -1.40. The summed E-state index contributed by atoms with van der Waals surface area (Å²) in [7, 11) is 0. The minimum atomic E-state index is -1.06. The van der Waals surface area contributed by atoms with Gasteiger partial charge in [0.05, 0.1) is 6.10 Å². The number of halogens is 1. The molecule has 1 aliphatic heterocycles. The molecule has 0 unspecified atom stereocenters. The Kier molecular flexibility index (Phi) is 4.77. The van der Waals surface area contributed by atoms with E-state index in [9.17, 15) is 14.7 Å². The van der Waals surface area contributed by atoms with E-state index in [-0.39, 0.29) is 25.3 Å². The van der Waals surface area contributed by atoms with Crippen LogP contribution in [0.15, 0.2) is 28.7 Å². The predicted molar refractivity (Wildman–Crippen MR) is 76.2 cm³/mol. The monoisotopic (exact) mass is 341 g/mol. The van der Waals surface area contributed by atoms with Crippen LogP contribution in [0.1, 0.15) is 18.4 Å². The number of nitrogens with zero attached hydrogens (tertiary/aromatic N) is 1. The number of hydrogen-bond donors (Lipinski definition) is 2. The molecule has 0 aliphatic carbocycles. The van der Waals surface area contributed by atoms with Crippen molar-refractivity contribution in [2.75, 3.05) is 6.54 Å². The molecule has 6 heteroatoms. The van der Waals surface area contributed by atoms with Gasteiger partial charge in [-0.25, -0.2) is 4.79 Å². The number of aliphatic hydroxyl groups excluding tert-OH is 1. The number of β-amino-alcohol motifs (C(OH)–C–C–N with tert-alkyl or cyclic N) is 1. The number of amides is 1. The number of aliphatic carboxylic acids is 1. The molecule has 0 aromatic heterocycles. The number of carboxylic acid groups (broad SMARTS) is 1. The maximum absolute atomic E-state index is 12.1. The summed E-state index contributed by atoms with van der Waals surface area (Å²) in [6.07, 6.45) is 0.160. The predicted octanol–water partition coefficient (Wildman–Crippen LogP) is 1.43. The van der Waals surface area contributed by atoms with Crippen molar-refractivity contribution in [1.82, 2.24) is 4.90 Å². The molecule has 0 saturated carbocycles. The molecule has 1 aliphatic rings. The van der Waals surface area contributed by atoms with Gasteiger partial charge in [-0.05, 0) is 24.1 Å². The van der Waals surface area contributed by atoms with Crippen LogP contribution in [0, 0.1) is 0 Å². The second-order valence-corrected chi connectivity index (χ2v) is 5.84. The molecule has 1 aromatic carbocycles. The van der Waals surface area contributed by atoms with E-state index >= 15 is 0 Å². The number of carbonyl (C=O) groups excluding carboxylic acids is 1. The summed E-state index contributed by atoms with van der Waals surface area (Å²) in [6, 6.07) is 6.75. The van der Waals surface area contributed by atoms with E-state index in [2.05, 4.69) is 15.9 Å². The van der Waals surface area contributed by atoms with Crippen LogP contribution in [0.5, 0.6) is 0 Å². The molecule has 2 rings (SSSR count). The van der Waals surface area contributed by atoms with E-state index in [0.29, 0.717) is 6.42 Å². The zero-order valence-corrected chi connectivity index (χ0v) is 12.4. The van der Waals surface area contributed by atoms with Crippen molar-refractivity contribution in [1.29, 1.82) is 0 Å². The Morgan fingerprint density at radius 1 is 1.40 bits per heavy atom. The number of carbonyl (C=O) groups is 2. The highest BCUT2D eigenvalue weighted by Gasteiger charge is 2.38. The molecule has 0 spiro atoms. The number of carboxylic acids is 1. The number of rotatable bonds is 4. The van der Waals surface area contributed by atoms with E-state index in [1.807, 2.05) is 24.3 Å². The first-order valence-electron chi connectivity index (χ1n) is 6.42. The van der Waals surface area contributed by atoms with Crippen molar-refractivity contribution >= 4 is 27.8 Å². The molecule has 1 amide bonds. The highest BCUT2D eigenvalue weighted by Crippen LogP contribution is 2.20. The topological polar surface area (TPSA) is 77.8 Å². The number of aliphatic hydroxyl groups is 1. The average molecular weight is 342 g/mol. The fourth-order valence-electron chi connectivity index (χ4n) is 2.41. The zero-order valence-electron chi connectivity index (χ0n) is 10.8. The van der Waals surface area contributed by atoms with Crippen LogP contribution in [-0.4, -0.2) is 45.7 Å². The highest BCUT2D eigenvalue weighted by atomic mass is 79.9. The lowest BCUT2D eigenvalue weighted by molar-refractivity contribution is -0.148. The number of likely N-dealkylation sites (tertiary alicyclic amines) is 1. The summed E-state index contributed by atoms with van der Waals surface area (Å²) >= 11 is 3.37. The SMILES string of the molecule is O=C(O)[C@@H]1C[C@@H](O)CN1C(=O)CCc1cccc(Br)c1. The van der Waals surface area contributed by atoms with Crippen LogP contribution in [0.2, 0.25) is 0 Å². The molecular formula is C14H16BrNO4. The van der Waals surface area contributed by atoms with Gasteiger partial charge in [0.15, 0.2) is 0 Å². The van der Waals surface area contributed by atoms with Crippen molar-refractivity contribution in [3.63, 3.8) is 0 Å². The minimum Gasteiger partial charge on any atom is -0.480 e. The van der Waals surface area contributed by atoms with Gasteiger partial charge < -0.3 is 15.1 Å². The Morgan fingerprint density at radius 3 is 2.80 bits per heavy atom. The minimum absolute atomic E-state index is 0.105. The average Bonchev–Trinajstić information content (AvgIpc) is 2.78. The van der Waals surface area contributed by atoms with Crippen LogP contribution < -0.4 is 0 Å². The fraction of sp³-hybridized carbons (Fsp3) is 0.429. The number of hydrogen-bond acceptors (Lipinski definition) is 3. The summed E-state index contributed by atoms with van der Waals surface area (Å²) < 4.78 is 0.947. The van der Waals surface area contributed by atoms with Crippen molar-refractivity contribution in [3.05, 3.63) is 34.3 Å². The van der Waals surface area contributed by atoms with E-state index in [1.54, 1.807) is 0 Å². The van der Waals surface area contributed by atoms with Gasteiger partial charge >= 0.3 is 5.97 Å². The lowest BCUT2D eigenvalue weighted by Crippen LogP contribution is -2.40. The zero-order chi connectivity index (χ0) is 14.7. The van der Waals surface area contributed by atoms with Crippen molar-refractivity contribution in [2.24, 2.45) is 0 Å². The van der Waals surface area contributed by atoms with Gasteiger partial charge in [-0.1, -0.05) is 28.1 Å². The van der Waals surface area contributed by atoms with E-state index in [4.69, 9.17) is 5.11 Å². The molecular weight excluding hydrogens is 326 g/mol. The summed E-state index contributed by atoms with van der Waals surface area (Å²) in [5, 5.41) is 18.6. The molecule has 1 fully saturated rings. The molecule has 1 heterocycles. The first-order valence-corrected chi connectivity index (χ1v) is 7.21. The number of aryl methyl sites for hydroxylation is 1. The van der Waals surface area contributed by atoms with Gasteiger partial charge in [-0.2, -0.15) is 0 Å². The molecule has 20 heavy (non-hydrogen) atoms. The Bertz CT molecular complexity index is 520. The van der Waals surface area contributed by atoms with Crippen LogP contribution in [-0.2, 0) is 16.0 Å². The van der Waals surface area contributed by atoms with Gasteiger partial charge in [0.2, 0.25) is 5.91 Å². The van der Waals surface area contributed by atoms with Crippen molar-refractivity contribution in [3.8, 4) is 0 Å². The molecule has 2 N–H and O–H groups in total. The summed E-state index contributed by atoms with van der Waals surface area (Å²) in [5.74, 6) is -1.29. The fourth-order valence-corrected chi connectivity index (χ4v) is 2.86. The normalized spacial score (nSPS) is 22.0. The van der Waals surface area contributed by atoms with Crippen LogP contribution in [0.4, 0.5) is 0 Å². The second kappa shape index (κ2) is 6.37. The van der Waals surface area contributed by atoms with Crippen LogP contribution in [0.25, 0.3) is 0 Å². The lowest BCUT2D eigenvalue weighted by Gasteiger charge is -2.21. The van der Waals surface area contributed by atoms with Crippen LogP contribution >= 0.6 is 15.9 Å². The third kappa shape index (κ3) is 3.58. The third-order valence-electron chi connectivity index (χ3n) is 3.40. The molecule has 5 nitrogen and oxygen atoms in total. The number of benzene rings is 1. The lowest BCUT2D eigenvalue weighted by atomic mass is 10.1. The maximum atomic E-state index is 12.1.